The number of ether oxygens (including phenoxy) is 1. The van der Waals surface area contributed by atoms with E-state index in [-0.39, 0.29) is 6.73 Å². The Morgan fingerprint density at radius 1 is 1.07 bits per heavy atom. The third-order valence-electron chi connectivity index (χ3n) is 2.55. The highest BCUT2D eigenvalue weighted by atomic mass is 16.5. The molecule has 0 heterocycles. The highest BCUT2D eigenvalue weighted by Crippen LogP contribution is 2.34. The van der Waals surface area contributed by atoms with Crippen LogP contribution in [-0.2, 0) is 0 Å². The molecule has 1 aromatic rings. The maximum atomic E-state index is 5.57. The van der Waals surface area contributed by atoms with E-state index >= 15 is 0 Å². The first kappa shape index (κ1) is 12.1. The molecule has 0 aliphatic heterocycles. The van der Waals surface area contributed by atoms with Crippen LogP contribution >= 0.6 is 0 Å². The second-order valence-electron chi connectivity index (χ2n) is 4.39. The number of hydrogen-bond donors (Lipinski definition) is 1. The predicted molar refractivity (Wildman–Crippen MR) is 64.3 cm³/mol. The molecular weight excluding hydrogens is 186 g/mol. The van der Waals surface area contributed by atoms with Gasteiger partial charge in [0.2, 0.25) is 0 Å². The molecule has 0 unspecified atom stereocenters. The van der Waals surface area contributed by atoms with Gasteiger partial charge >= 0.3 is 0 Å². The fourth-order valence-corrected chi connectivity index (χ4v) is 1.73. The molecule has 2 heteroatoms. The van der Waals surface area contributed by atoms with E-state index in [0.29, 0.717) is 11.8 Å². The molecule has 1 aromatic carbocycles. The SMILES string of the molecule is CC(C)c1cccc(C(C)C)c1OCN. The Kier molecular flexibility index (Phi) is 4.15. The van der Waals surface area contributed by atoms with Crippen molar-refractivity contribution in [3.63, 3.8) is 0 Å². The summed E-state index contributed by atoms with van der Waals surface area (Å²) in [6, 6.07) is 6.32. The minimum atomic E-state index is 0.240. The first-order chi connectivity index (χ1) is 7.07. The number of nitrogens with two attached hydrogens (primary N) is 1. The molecule has 0 aliphatic rings. The Morgan fingerprint density at radius 3 is 1.87 bits per heavy atom. The zero-order valence-corrected chi connectivity index (χ0v) is 10.1. The van der Waals surface area contributed by atoms with E-state index in [0.717, 1.165) is 5.75 Å². The molecule has 0 amide bonds. The van der Waals surface area contributed by atoms with Crippen molar-refractivity contribution in [1.29, 1.82) is 0 Å². The topological polar surface area (TPSA) is 35.2 Å². The Labute approximate surface area is 92.4 Å². The molecule has 0 aromatic heterocycles. The van der Waals surface area contributed by atoms with Crippen LogP contribution < -0.4 is 10.5 Å². The zero-order chi connectivity index (χ0) is 11.4. The van der Waals surface area contributed by atoms with Crippen molar-refractivity contribution in [3.05, 3.63) is 29.3 Å². The molecule has 0 radical (unpaired) electrons. The molecule has 0 fully saturated rings. The summed E-state index contributed by atoms with van der Waals surface area (Å²) in [6.07, 6.45) is 0. The second kappa shape index (κ2) is 5.17. The van der Waals surface area contributed by atoms with E-state index in [1.165, 1.54) is 11.1 Å². The standard InChI is InChI=1S/C13H21NO/c1-9(2)11-6-5-7-12(10(3)4)13(11)15-8-14/h5-7,9-10H,8,14H2,1-4H3. The summed E-state index contributed by atoms with van der Waals surface area (Å²) in [5.74, 6) is 1.90. The molecule has 1 rings (SSSR count). The van der Waals surface area contributed by atoms with Gasteiger partial charge in [-0.2, -0.15) is 0 Å². The number of benzene rings is 1. The highest BCUT2D eigenvalue weighted by Gasteiger charge is 2.14. The van der Waals surface area contributed by atoms with Gasteiger partial charge in [0.1, 0.15) is 12.5 Å². The average Bonchev–Trinajstić information content (AvgIpc) is 2.17. The van der Waals surface area contributed by atoms with Crippen LogP contribution in [0.4, 0.5) is 0 Å². The lowest BCUT2D eigenvalue weighted by atomic mass is 9.94. The summed E-state index contributed by atoms with van der Waals surface area (Å²) in [5, 5.41) is 0. The van der Waals surface area contributed by atoms with Gasteiger partial charge < -0.3 is 4.74 Å². The smallest absolute Gasteiger partial charge is 0.137 e. The molecule has 0 bridgehead atoms. The van der Waals surface area contributed by atoms with E-state index in [4.69, 9.17) is 10.5 Å². The maximum absolute atomic E-state index is 5.57. The molecule has 0 atom stereocenters. The van der Waals surface area contributed by atoms with Crippen LogP contribution in [0.1, 0.15) is 50.7 Å². The van der Waals surface area contributed by atoms with Crippen molar-refractivity contribution in [2.75, 3.05) is 6.73 Å². The molecule has 2 nitrogen and oxygen atoms in total. The predicted octanol–water partition coefficient (Wildman–Crippen LogP) is 3.23. The lowest BCUT2D eigenvalue weighted by Crippen LogP contribution is -2.11. The third kappa shape index (κ3) is 2.72. The van der Waals surface area contributed by atoms with Gasteiger partial charge in [0.25, 0.3) is 0 Å². The number of para-hydroxylation sites is 1. The van der Waals surface area contributed by atoms with E-state index in [1.807, 2.05) is 0 Å². The average molecular weight is 207 g/mol. The van der Waals surface area contributed by atoms with E-state index in [9.17, 15) is 0 Å². The Hall–Kier alpha value is -1.02. The third-order valence-corrected chi connectivity index (χ3v) is 2.55. The molecule has 0 saturated carbocycles. The zero-order valence-electron chi connectivity index (χ0n) is 10.1. The molecular formula is C13H21NO. The van der Waals surface area contributed by atoms with E-state index in [2.05, 4.69) is 45.9 Å². The monoisotopic (exact) mass is 207 g/mol. The van der Waals surface area contributed by atoms with Crippen LogP contribution in [0.15, 0.2) is 18.2 Å². The van der Waals surface area contributed by atoms with Gasteiger partial charge in [-0.15, -0.1) is 0 Å². The van der Waals surface area contributed by atoms with Gasteiger partial charge in [-0.25, -0.2) is 0 Å². The Balaban J connectivity index is 3.21. The largest absolute Gasteiger partial charge is 0.478 e. The van der Waals surface area contributed by atoms with Gasteiger partial charge in [0.05, 0.1) is 0 Å². The Morgan fingerprint density at radius 2 is 1.53 bits per heavy atom. The molecule has 84 valence electrons. The van der Waals surface area contributed by atoms with Crippen LogP contribution in [0.3, 0.4) is 0 Å². The van der Waals surface area contributed by atoms with Gasteiger partial charge in [-0.1, -0.05) is 45.9 Å². The van der Waals surface area contributed by atoms with E-state index in [1.54, 1.807) is 0 Å². The summed E-state index contributed by atoms with van der Waals surface area (Å²) in [5.41, 5.74) is 7.96. The Bertz CT molecular complexity index is 292. The van der Waals surface area contributed by atoms with Crippen LogP contribution in [0, 0.1) is 0 Å². The molecule has 0 saturated heterocycles. The summed E-state index contributed by atoms with van der Waals surface area (Å²) in [4.78, 5) is 0. The normalized spacial score (nSPS) is 11.1. The highest BCUT2D eigenvalue weighted by molar-refractivity contribution is 5.44. The molecule has 15 heavy (non-hydrogen) atoms. The fourth-order valence-electron chi connectivity index (χ4n) is 1.73. The van der Waals surface area contributed by atoms with Crippen molar-refractivity contribution in [2.24, 2.45) is 5.73 Å². The van der Waals surface area contributed by atoms with Crippen LogP contribution in [0.25, 0.3) is 0 Å². The first-order valence-corrected chi connectivity index (χ1v) is 5.53. The maximum Gasteiger partial charge on any atom is 0.137 e. The first-order valence-electron chi connectivity index (χ1n) is 5.53. The van der Waals surface area contributed by atoms with Crippen molar-refractivity contribution in [1.82, 2.24) is 0 Å². The molecule has 0 spiro atoms. The number of hydrogen-bond acceptors (Lipinski definition) is 2. The van der Waals surface area contributed by atoms with Crippen LogP contribution in [0.5, 0.6) is 5.75 Å². The summed E-state index contributed by atoms with van der Waals surface area (Å²) in [7, 11) is 0. The van der Waals surface area contributed by atoms with Gasteiger partial charge in [0, 0.05) is 0 Å². The van der Waals surface area contributed by atoms with Crippen molar-refractivity contribution < 1.29 is 4.74 Å². The van der Waals surface area contributed by atoms with Gasteiger partial charge in [0.15, 0.2) is 0 Å². The van der Waals surface area contributed by atoms with Gasteiger partial charge in [-0.3, -0.25) is 5.73 Å². The minimum absolute atomic E-state index is 0.240. The van der Waals surface area contributed by atoms with Gasteiger partial charge in [-0.05, 0) is 23.0 Å². The lowest BCUT2D eigenvalue weighted by molar-refractivity contribution is 0.320. The number of rotatable bonds is 4. The lowest BCUT2D eigenvalue weighted by Gasteiger charge is -2.18. The van der Waals surface area contributed by atoms with E-state index < -0.39 is 0 Å². The second-order valence-corrected chi connectivity index (χ2v) is 4.39. The van der Waals surface area contributed by atoms with Crippen LogP contribution in [-0.4, -0.2) is 6.73 Å². The van der Waals surface area contributed by atoms with Crippen molar-refractivity contribution in [2.45, 2.75) is 39.5 Å². The summed E-state index contributed by atoms with van der Waals surface area (Å²) in [6.45, 7) is 8.92. The molecule has 0 aliphatic carbocycles. The van der Waals surface area contributed by atoms with Crippen molar-refractivity contribution in [3.8, 4) is 5.75 Å². The fraction of sp³-hybridized carbons (Fsp3) is 0.538. The van der Waals surface area contributed by atoms with Crippen molar-refractivity contribution >= 4 is 0 Å². The quantitative estimate of drug-likeness (QED) is 0.769. The molecule has 2 N–H and O–H groups in total. The van der Waals surface area contributed by atoms with Crippen LogP contribution in [0.2, 0.25) is 0 Å². The minimum Gasteiger partial charge on any atom is -0.478 e. The summed E-state index contributed by atoms with van der Waals surface area (Å²) >= 11 is 0. The summed E-state index contributed by atoms with van der Waals surface area (Å²) < 4.78 is 5.57.